The molecule has 1 heterocycles. The maximum Gasteiger partial charge on any atom is 0.0760 e. The molecule has 3 heteroatoms. The van der Waals surface area contributed by atoms with Gasteiger partial charge in [0.2, 0.25) is 0 Å². The Balaban J connectivity index is 2.18. The minimum absolute atomic E-state index is 0.490. The molecule has 0 radical (unpaired) electrons. The van der Waals surface area contributed by atoms with Crippen molar-refractivity contribution in [2.75, 3.05) is 0 Å². The van der Waals surface area contributed by atoms with Crippen molar-refractivity contribution in [3.63, 3.8) is 0 Å². The fourth-order valence-electron chi connectivity index (χ4n) is 1.62. The molecule has 2 rings (SSSR count). The van der Waals surface area contributed by atoms with Crippen molar-refractivity contribution < 1.29 is 0 Å². The predicted molar refractivity (Wildman–Crippen MR) is 60.5 cm³/mol. The first-order valence-corrected chi connectivity index (χ1v) is 5.07. The highest BCUT2D eigenvalue weighted by Gasteiger charge is 2.02. The average Bonchev–Trinajstić information content (AvgIpc) is 2.69. The first kappa shape index (κ1) is 9.93. The molecule has 78 valence electrons. The van der Waals surface area contributed by atoms with Crippen molar-refractivity contribution in [3.05, 3.63) is 52.8 Å². The third kappa shape index (κ3) is 2.25. The average molecular weight is 201 g/mol. The normalized spacial score (nSPS) is 10.5. The topological polar surface area (TPSA) is 54.7 Å². The number of aromatic nitrogens is 2. The summed E-state index contributed by atoms with van der Waals surface area (Å²) in [6, 6.07) is 10.4. The van der Waals surface area contributed by atoms with E-state index in [1.54, 1.807) is 0 Å². The second-order valence-electron chi connectivity index (χ2n) is 3.69. The van der Waals surface area contributed by atoms with Crippen LogP contribution in [-0.2, 0) is 13.0 Å². The van der Waals surface area contributed by atoms with Crippen LogP contribution in [0, 0.1) is 6.92 Å². The third-order valence-electron chi connectivity index (χ3n) is 2.54. The number of aromatic amines is 1. The molecule has 0 bridgehead atoms. The van der Waals surface area contributed by atoms with Gasteiger partial charge in [-0.25, -0.2) is 0 Å². The second kappa shape index (κ2) is 4.28. The molecule has 3 N–H and O–H groups in total. The van der Waals surface area contributed by atoms with E-state index in [9.17, 15) is 0 Å². The highest BCUT2D eigenvalue weighted by atomic mass is 15.1. The molecular formula is C12H15N3. The van der Waals surface area contributed by atoms with Gasteiger partial charge in [-0.3, -0.25) is 5.10 Å². The summed E-state index contributed by atoms with van der Waals surface area (Å²) in [5.74, 6) is 0. The lowest BCUT2D eigenvalue weighted by Gasteiger charge is -2.02. The van der Waals surface area contributed by atoms with Crippen LogP contribution in [0.15, 0.2) is 30.3 Å². The fraction of sp³-hybridized carbons (Fsp3) is 0.250. The Hall–Kier alpha value is -1.61. The van der Waals surface area contributed by atoms with Gasteiger partial charge >= 0.3 is 0 Å². The molecule has 0 unspecified atom stereocenters. The van der Waals surface area contributed by atoms with Crippen molar-refractivity contribution in [1.82, 2.24) is 10.2 Å². The number of nitrogens with two attached hydrogens (primary N) is 1. The molecule has 0 amide bonds. The summed E-state index contributed by atoms with van der Waals surface area (Å²) < 4.78 is 0. The molecule has 0 aliphatic heterocycles. The molecule has 1 aromatic heterocycles. The quantitative estimate of drug-likeness (QED) is 0.795. The van der Waals surface area contributed by atoms with Crippen LogP contribution in [0.1, 0.15) is 22.5 Å². The van der Waals surface area contributed by atoms with E-state index in [2.05, 4.69) is 41.4 Å². The zero-order valence-electron chi connectivity index (χ0n) is 8.83. The first-order valence-electron chi connectivity index (χ1n) is 5.07. The van der Waals surface area contributed by atoms with Gasteiger partial charge in [0, 0.05) is 18.7 Å². The van der Waals surface area contributed by atoms with Crippen LogP contribution in [-0.4, -0.2) is 10.2 Å². The summed E-state index contributed by atoms with van der Waals surface area (Å²) in [6.07, 6.45) is 0.889. The molecule has 1 aromatic carbocycles. The van der Waals surface area contributed by atoms with E-state index in [0.29, 0.717) is 6.54 Å². The number of H-pyrrole nitrogens is 1. The van der Waals surface area contributed by atoms with Gasteiger partial charge in [0.05, 0.1) is 5.69 Å². The van der Waals surface area contributed by atoms with Gasteiger partial charge in [0.15, 0.2) is 0 Å². The monoisotopic (exact) mass is 201 g/mol. The highest BCUT2D eigenvalue weighted by molar-refractivity contribution is 5.29. The van der Waals surface area contributed by atoms with Gasteiger partial charge in [-0.1, -0.05) is 24.3 Å². The minimum atomic E-state index is 0.490. The predicted octanol–water partition coefficient (Wildman–Crippen LogP) is 1.77. The number of nitrogens with zero attached hydrogens (tertiary/aromatic N) is 1. The second-order valence-corrected chi connectivity index (χ2v) is 3.69. The Morgan fingerprint density at radius 1 is 1.33 bits per heavy atom. The summed E-state index contributed by atoms with van der Waals surface area (Å²) in [5, 5.41) is 7.11. The Morgan fingerprint density at radius 2 is 2.13 bits per heavy atom. The molecule has 2 aromatic rings. The van der Waals surface area contributed by atoms with Gasteiger partial charge in [-0.2, -0.15) is 5.10 Å². The van der Waals surface area contributed by atoms with Crippen LogP contribution in [0.3, 0.4) is 0 Å². The van der Waals surface area contributed by atoms with E-state index in [1.807, 2.05) is 6.07 Å². The maximum atomic E-state index is 5.50. The van der Waals surface area contributed by atoms with Crippen LogP contribution in [0.2, 0.25) is 0 Å². The summed E-state index contributed by atoms with van der Waals surface area (Å²) in [6.45, 7) is 2.61. The largest absolute Gasteiger partial charge is 0.325 e. The van der Waals surface area contributed by atoms with Gasteiger partial charge in [-0.05, 0) is 24.1 Å². The molecule has 0 spiro atoms. The highest BCUT2D eigenvalue weighted by Crippen LogP contribution is 2.12. The fourth-order valence-corrected chi connectivity index (χ4v) is 1.62. The third-order valence-corrected chi connectivity index (χ3v) is 2.54. The standard InChI is InChI=1S/C12H15N3/c1-9-4-2-3-5-10(9)6-11-7-12(8-13)15-14-11/h2-5,7H,6,8,13H2,1H3,(H,14,15). The lowest BCUT2D eigenvalue weighted by atomic mass is 10.0. The summed E-state index contributed by atoms with van der Waals surface area (Å²) in [5.41, 5.74) is 10.2. The molecule has 0 saturated carbocycles. The summed E-state index contributed by atoms with van der Waals surface area (Å²) >= 11 is 0. The molecule has 0 saturated heterocycles. The molecular weight excluding hydrogens is 186 g/mol. The van der Waals surface area contributed by atoms with E-state index in [4.69, 9.17) is 5.73 Å². The minimum Gasteiger partial charge on any atom is -0.325 e. The molecule has 0 aliphatic rings. The Kier molecular flexibility index (Phi) is 2.83. The molecule has 3 nitrogen and oxygen atoms in total. The van der Waals surface area contributed by atoms with Crippen molar-refractivity contribution in [3.8, 4) is 0 Å². The molecule has 0 fully saturated rings. The molecule has 15 heavy (non-hydrogen) atoms. The number of rotatable bonds is 3. The van der Waals surface area contributed by atoms with Crippen LogP contribution in [0.5, 0.6) is 0 Å². The number of hydrogen-bond acceptors (Lipinski definition) is 2. The van der Waals surface area contributed by atoms with Crippen molar-refractivity contribution >= 4 is 0 Å². The Morgan fingerprint density at radius 3 is 2.80 bits per heavy atom. The zero-order valence-corrected chi connectivity index (χ0v) is 8.83. The Bertz CT molecular complexity index is 446. The van der Waals surface area contributed by atoms with E-state index < -0.39 is 0 Å². The number of benzene rings is 1. The van der Waals surface area contributed by atoms with Crippen LogP contribution < -0.4 is 5.73 Å². The van der Waals surface area contributed by atoms with Crippen molar-refractivity contribution in [2.24, 2.45) is 5.73 Å². The van der Waals surface area contributed by atoms with Crippen LogP contribution in [0.25, 0.3) is 0 Å². The Labute approximate surface area is 89.3 Å². The first-order chi connectivity index (χ1) is 7.29. The van der Waals surface area contributed by atoms with Crippen molar-refractivity contribution in [2.45, 2.75) is 19.9 Å². The number of hydrogen-bond donors (Lipinski definition) is 2. The van der Waals surface area contributed by atoms with Gasteiger partial charge < -0.3 is 5.73 Å². The van der Waals surface area contributed by atoms with Crippen LogP contribution in [0.4, 0.5) is 0 Å². The smallest absolute Gasteiger partial charge is 0.0760 e. The van der Waals surface area contributed by atoms with E-state index in [0.717, 1.165) is 17.8 Å². The van der Waals surface area contributed by atoms with Gasteiger partial charge in [-0.15, -0.1) is 0 Å². The maximum absolute atomic E-state index is 5.50. The van der Waals surface area contributed by atoms with E-state index >= 15 is 0 Å². The van der Waals surface area contributed by atoms with Gasteiger partial charge in [0.25, 0.3) is 0 Å². The SMILES string of the molecule is Cc1ccccc1Cc1cc(CN)n[nH]1. The van der Waals surface area contributed by atoms with Crippen LogP contribution >= 0.6 is 0 Å². The summed E-state index contributed by atoms with van der Waals surface area (Å²) in [4.78, 5) is 0. The van der Waals surface area contributed by atoms with Crippen molar-refractivity contribution in [1.29, 1.82) is 0 Å². The number of nitrogens with one attached hydrogen (secondary N) is 1. The lowest BCUT2D eigenvalue weighted by Crippen LogP contribution is -1.95. The molecule has 0 atom stereocenters. The summed E-state index contributed by atoms with van der Waals surface area (Å²) in [7, 11) is 0. The molecule has 0 aliphatic carbocycles. The van der Waals surface area contributed by atoms with E-state index in [-0.39, 0.29) is 0 Å². The zero-order chi connectivity index (χ0) is 10.7. The van der Waals surface area contributed by atoms with E-state index in [1.165, 1.54) is 11.1 Å². The number of aryl methyl sites for hydroxylation is 1. The van der Waals surface area contributed by atoms with Gasteiger partial charge in [0.1, 0.15) is 0 Å². The lowest BCUT2D eigenvalue weighted by molar-refractivity contribution is 0.927.